The number of nitrogens with zero attached hydrogens (tertiary/aromatic N) is 2. The Hall–Kier alpha value is -4.89. The van der Waals surface area contributed by atoms with Crippen LogP contribution in [0.3, 0.4) is 0 Å². The Labute approximate surface area is 260 Å². The van der Waals surface area contributed by atoms with Gasteiger partial charge in [-0.15, -0.1) is 0 Å². The van der Waals surface area contributed by atoms with Crippen molar-refractivity contribution < 1.29 is 39.0 Å². The highest BCUT2D eigenvalue weighted by molar-refractivity contribution is 5.99. The number of nitrogens with one attached hydrogen (secondary N) is 4. The molecule has 5 unspecified atom stereocenters. The second-order valence-electron chi connectivity index (χ2n) is 11.5. The first-order chi connectivity index (χ1) is 21.3. The molecule has 1 aromatic rings. The minimum absolute atomic E-state index is 0.00238. The molecule has 2 heterocycles. The van der Waals surface area contributed by atoms with Crippen LogP contribution in [-0.2, 0) is 35.2 Å². The second kappa shape index (κ2) is 15.7. The Bertz CT molecular complexity index is 1300. The molecule has 10 N–H and O–H groups in total. The molecule has 5 atom stereocenters. The molecule has 16 nitrogen and oxygen atoms in total. The molecule has 2 aliphatic rings. The highest BCUT2D eigenvalue weighted by atomic mass is 16.4. The van der Waals surface area contributed by atoms with Crippen molar-refractivity contribution in [2.24, 2.45) is 22.4 Å². The van der Waals surface area contributed by atoms with Crippen LogP contribution in [0, 0.1) is 5.92 Å². The molecule has 2 fully saturated rings. The molecule has 0 spiro atoms. The van der Waals surface area contributed by atoms with Crippen molar-refractivity contribution in [1.29, 1.82) is 0 Å². The summed E-state index contributed by atoms with van der Waals surface area (Å²) in [7, 11) is 0. The number of benzene rings is 1. The van der Waals surface area contributed by atoms with E-state index in [1.807, 2.05) is 0 Å². The number of phenols is 1. The van der Waals surface area contributed by atoms with Crippen molar-refractivity contribution in [2.45, 2.75) is 82.6 Å². The van der Waals surface area contributed by atoms with Gasteiger partial charge in [0.05, 0.1) is 6.42 Å². The molecule has 3 rings (SSSR count). The fourth-order valence-corrected chi connectivity index (χ4v) is 5.32. The van der Waals surface area contributed by atoms with E-state index >= 15 is 0 Å². The van der Waals surface area contributed by atoms with Gasteiger partial charge >= 0.3 is 5.97 Å². The molecule has 0 aliphatic carbocycles. The van der Waals surface area contributed by atoms with Gasteiger partial charge < -0.3 is 47.8 Å². The normalized spacial score (nSPS) is 24.8. The maximum atomic E-state index is 13.9. The number of fused-ring (bicyclic) bond motifs is 1. The standard InChI is InChI=1S/C29H42N8O8/c1-15(2)23-27(44)35-19(13-16-7-9-17(38)10-8-16)24(41)33-18(5-3-11-32-29(30)31)28(45)37-12-4-6-21(37)26(43)34-20(14-22(39)40)25(42)36-23/h7-10,15,18-21,23,38H,3-6,11-14H2,1-2H3,(H,33,41)(H,34,43)(H,35,44)(H,36,42)(H,39,40)(H4,30,31,32). The van der Waals surface area contributed by atoms with E-state index in [9.17, 15) is 39.0 Å². The number of aliphatic imine (C=N–C) groups is 1. The lowest BCUT2D eigenvalue weighted by Crippen LogP contribution is -2.59. The molecule has 1 aromatic carbocycles. The average molecular weight is 631 g/mol. The van der Waals surface area contributed by atoms with Crippen molar-refractivity contribution in [3.63, 3.8) is 0 Å². The smallest absolute Gasteiger partial charge is 0.305 e. The quantitative estimate of drug-likeness (QED) is 0.0850. The van der Waals surface area contributed by atoms with Crippen molar-refractivity contribution >= 4 is 41.5 Å². The number of hydrogen-bond donors (Lipinski definition) is 8. The average Bonchev–Trinajstić information content (AvgIpc) is 3.46. The zero-order chi connectivity index (χ0) is 33.3. The van der Waals surface area contributed by atoms with Gasteiger partial charge in [-0.1, -0.05) is 26.0 Å². The van der Waals surface area contributed by atoms with Crippen LogP contribution in [0.15, 0.2) is 29.3 Å². The predicted octanol–water partition coefficient (Wildman–Crippen LogP) is -1.94. The van der Waals surface area contributed by atoms with E-state index in [4.69, 9.17) is 11.5 Å². The van der Waals surface area contributed by atoms with Crippen LogP contribution < -0.4 is 32.7 Å². The fraction of sp³-hybridized carbons (Fsp3) is 0.552. The number of carbonyl (C=O) groups excluding carboxylic acids is 5. The number of carbonyl (C=O) groups is 6. The third-order valence-corrected chi connectivity index (χ3v) is 7.67. The first-order valence-corrected chi connectivity index (χ1v) is 14.8. The first-order valence-electron chi connectivity index (χ1n) is 14.8. The molecule has 0 saturated carbocycles. The van der Waals surface area contributed by atoms with Crippen LogP contribution in [-0.4, -0.2) is 99.9 Å². The minimum atomic E-state index is -1.53. The Morgan fingerprint density at radius 2 is 1.56 bits per heavy atom. The van der Waals surface area contributed by atoms with Gasteiger partial charge in [-0.2, -0.15) is 0 Å². The molecular formula is C29H42N8O8. The van der Waals surface area contributed by atoms with Gasteiger partial charge in [0.2, 0.25) is 29.5 Å². The van der Waals surface area contributed by atoms with Crippen molar-refractivity contribution in [1.82, 2.24) is 26.2 Å². The summed E-state index contributed by atoms with van der Waals surface area (Å²) in [5, 5.41) is 29.6. The first kappa shape index (κ1) is 34.6. The lowest BCUT2D eigenvalue weighted by molar-refractivity contribution is -0.144. The summed E-state index contributed by atoms with van der Waals surface area (Å²) >= 11 is 0. The Morgan fingerprint density at radius 3 is 2.18 bits per heavy atom. The predicted molar refractivity (Wildman–Crippen MR) is 161 cm³/mol. The lowest BCUT2D eigenvalue weighted by Gasteiger charge is -2.30. The summed E-state index contributed by atoms with van der Waals surface area (Å²) in [5.74, 6) is -5.61. The van der Waals surface area contributed by atoms with Crippen LogP contribution in [0.4, 0.5) is 0 Å². The van der Waals surface area contributed by atoms with Crippen LogP contribution >= 0.6 is 0 Å². The summed E-state index contributed by atoms with van der Waals surface area (Å²) in [5.41, 5.74) is 11.4. The monoisotopic (exact) mass is 630 g/mol. The molecule has 16 heteroatoms. The van der Waals surface area contributed by atoms with Gasteiger partial charge in [0.1, 0.15) is 36.0 Å². The molecule has 0 bridgehead atoms. The summed E-state index contributed by atoms with van der Waals surface area (Å²) in [6.45, 7) is 3.66. The zero-order valence-corrected chi connectivity index (χ0v) is 25.3. The van der Waals surface area contributed by atoms with E-state index in [1.165, 1.54) is 17.0 Å². The van der Waals surface area contributed by atoms with Crippen molar-refractivity contribution in [2.75, 3.05) is 13.1 Å². The number of guanidine groups is 1. The van der Waals surface area contributed by atoms with Crippen LogP contribution in [0.5, 0.6) is 5.75 Å². The van der Waals surface area contributed by atoms with Gasteiger partial charge in [0.25, 0.3) is 0 Å². The minimum Gasteiger partial charge on any atom is -0.508 e. The fourth-order valence-electron chi connectivity index (χ4n) is 5.32. The highest BCUT2D eigenvalue weighted by Gasteiger charge is 2.41. The number of aliphatic carboxylic acids is 1. The Balaban J connectivity index is 2.05. The van der Waals surface area contributed by atoms with E-state index in [-0.39, 0.29) is 44.1 Å². The number of phenolic OH excluding ortho intramolecular Hbond substituents is 1. The van der Waals surface area contributed by atoms with E-state index in [0.717, 1.165) is 0 Å². The van der Waals surface area contributed by atoms with Gasteiger partial charge in [0.15, 0.2) is 5.96 Å². The maximum absolute atomic E-state index is 13.9. The number of nitrogens with two attached hydrogens (primary N) is 2. The van der Waals surface area contributed by atoms with Crippen LogP contribution in [0.1, 0.15) is 51.5 Å². The lowest BCUT2D eigenvalue weighted by atomic mass is 10.00. The number of carboxylic acid groups (broad SMARTS) is 1. The van der Waals surface area contributed by atoms with E-state index in [2.05, 4.69) is 26.3 Å². The second-order valence-corrected chi connectivity index (χ2v) is 11.5. The Kier molecular flexibility index (Phi) is 12.1. The van der Waals surface area contributed by atoms with E-state index in [1.54, 1.807) is 26.0 Å². The molecule has 246 valence electrons. The molecule has 2 aliphatic heterocycles. The molecule has 0 radical (unpaired) electrons. The van der Waals surface area contributed by atoms with Gasteiger partial charge in [-0.05, 0) is 49.3 Å². The highest BCUT2D eigenvalue weighted by Crippen LogP contribution is 2.21. The summed E-state index contributed by atoms with van der Waals surface area (Å²) in [6, 6.07) is -0.0946. The summed E-state index contributed by atoms with van der Waals surface area (Å²) in [6.07, 6.45) is 0.321. The van der Waals surface area contributed by atoms with Gasteiger partial charge in [0, 0.05) is 19.5 Å². The van der Waals surface area contributed by atoms with Crippen LogP contribution in [0.25, 0.3) is 0 Å². The zero-order valence-electron chi connectivity index (χ0n) is 25.3. The number of rotatable bonds is 9. The van der Waals surface area contributed by atoms with Gasteiger partial charge in [-0.25, -0.2) is 0 Å². The number of carboxylic acids is 1. The number of hydrogen-bond acceptors (Lipinski definition) is 8. The van der Waals surface area contributed by atoms with Crippen LogP contribution in [0.2, 0.25) is 0 Å². The molecule has 5 amide bonds. The molecule has 2 saturated heterocycles. The van der Waals surface area contributed by atoms with E-state index in [0.29, 0.717) is 18.4 Å². The molecule has 0 aromatic heterocycles. The SMILES string of the molecule is CC(C)C1NC(=O)C(CC(=O)O)NC(=O)C2CCCN2C(=O)C(CCCN=C(N)N)NC(=O)C(Cc2ccc(O)cc2)NC1=O. The van der Waals surface area contributed by atoms with Gasteiger partial charge in [-0.3, -0.25) is 33.8 Å². The summed E-state index contributed by atoms with van der Waals surface area (Å²) in [4.78, 5) is 84.7. The number of aromatic hydroxyl groups is 1. The third-order valence-electron chi connectivity index (χ3n) is 7.67. The van der Waals surface area contributed by atoms with Crippen molar-refractivity contribution in [3.8, 4) is 5.75 Å². The third kappa shape index (κ3) is 9.81. The van der Waals surface area contributed by atoms with E-state index < -0.39 is 78.1 Å². The van der Waals surface area contributed by atoms with Crippen molar-refractivity contribution in [3.05, 3.63) is 29.8 Å². The number of amides is 5. The molecule has 45 heavy (non-hydrogen) atoms. The Morgan fingerprint density at radius 1 is 0.933 bits per heavy atom. The largest absolute Gasteiger partial charge is 0.508 e. The maximum Gasteiger partial charge on any atom is 0.305 e. The molecular weight excluding hydrogens is 588 g/mol. The topological polar surface area (TPSA) is 259 Å². The summed E-state index contributed by atoms with van der Waals surface area (Å²) < 4.78 is 0.